The Morgan fingerprint density at radius 2 is 2.50 bits per heavy atom. The van der Waals surface area contributed by atoms with Gasteiger partial charge in [0.05, 0.1) is 0 Å². The van der Waals surface area contributed by atoms with E-state index in [2.05, 4.69) is 5.32 Å². The van der Waals surface area contributed by atoms with E-state index in [1.165, 1.54) is 6.42 Å². The van der Waals surface area contributed by atoms with E-state index in [9.17, 15) is 4.79 Å². The zero-order chi connectivity index (χ0) is 9.97. The SMILES string of the molecule is Cc1ccn(CC2CCNC2)c(=O)c1. The molecule has 1 N–H and O–H groups in total. The van der Waals surface area contributed by atoms with Crippen molar-refractivity contribution >= 4 is 0 Å². The van der Waals surface area contributed by atoms with Crippen molar-refractivity contribution in [2.45, 2.75) is 19.9 Å². The van der Waals surface area contributed by atoms with E-state index in [0.29, 0.717) is 5.92 Å². The Bertz CT molecular complexity index is 364. The summed E-state index contributed by atoms with van der Waals surface area (Å²) in [7, 11) is 0. The molecule has 0 spiro atoms. The fraction of sp³-hybridized carbons (Fsp3) is 0.545. The van der Waals surface area contributed by atoms with Crippen molar-refractivity contribution in [3.8, 4) is 0 Å². The summed E-state index contributed by atoms with van der Waals surface area (Å²) in [6.45, 7) is 4.93. The average molecular weight is 192 g/mol. The maximum absolute atomic E-state index is 11.6. The Labute approximate surface area is 83.8 Å². The summed E-state index contributed by atoms with van der Waals surface area (Å²) in [6, 6.07) is 3.69. The van der Waals surface area contributed by atoms with Gasteiger partial charge in [0.1, 0.15) is 0 Å². The van der Waals surface area contributed by atoms with Crippen LogP contribution in [0.1, 0.15) is 12.0 Å². The molecule has 14 heavy (non-hydrogen) atoms. The summed E-state index contributed by atoms with van der Waals surface area (Å²) >= 11 is 0. The van der Waals surface area contributed by atoms with Crippen molar-refractivity contribution < 1.29 is 0 Å². The van der Waals surface area contributed by atoms with Crippen LogP contribution in [0.5, 0.6) is 0 Å². The molecule has 2 heterocycles. The first-order valence-corrected chi connectivity index (χ1v) is 5.13. The second-order valence-electron chi connectivity index (χ2n) is 4.05. The second-order valence-corrected chi connectivity index (χ2v) is 4.05. The van der Waals surface area contributed by atoms with Gasteiger partial charge in [-0.25, -0.2) is 0 Å². The number of rotatable bonds is 2. The highest BCUT2D eigenvalue weighted by molar-refractivity contribution is 5.08. The van der Waals surface area contributed by atoms with Crippen LogP contribution in [0.15, 0.2) is 23.1 Å². The van der Waals surface area contributed by atoms with E-state index in [0.717, 1.165) is 25.2 Å². The molecular weight excluding hydrogens is 176 g/mol. The van der Waals surface area contributed by atoms with Crippen molar-refractivity contribution in [3.05, 3.63) is 34.2 Å². The smallest absolute Gasteiger partial charge is 0.250 e. The lowest BCUT2D eigenvalue weighted by Gasteiger charge is -2.10. The largest absolute Gasteiger partial charge is 0.316 e. The van der Waals surface area contributed by atoms with Gasteiger partial charge in [0.25, 0.3) is 5.56 Å². The van der Waals surface area contributed by atoms with Crippen LogP contribution in [0.2, 0.25) is 0 Å². The van der Waals surface area contributed by atoms with Gasteiger partial charge < -0.3 is 9.88 Å². The van der Waals surface area contributed by atoms with Gasteiger partial charge >= 0.3 is 0 Å². The van der Waals surface area contributed by atoms with Gasteiger partial charge in [-0.1, -0.05) is 0 Å². The van der Waals surface area contributed by atoms with Crippen molar-refractivity contribution in [1.29, 1.82) is 0 Å². The number of aryl methyl sites for hydroxylation is 1. The quantitative estimate of drug-likeness (QED) is 0.751. The Kier molecular flexibility index (Phi) is 2.68. The predicted molar refractivity (Wildman–Crippen MR) is 56.4 cm³/mol. The van der Waals surface area contributed by atoms with E-state index >= 15 is 0 Å². The minimum atomic E-state index is 0.122. The maximum Gasteiger partial charge on any atom is 0.250 e. The molecule has 1 saturated heterocycles. The second kappa shape index (κ2) is 3.96. The molecule has 1 aromatic rings. The number of nitrogens with zero attached hydrogens (tertiary/aromatic N) is 1. The highest BCUT2D eigenvalue weighted by atomic mass is 16.1. The molecule has 0 saturated carbocycles. The van der Waals surface area contributed by atoms with E-state index in [4.69, 9.17) is 0 Å². The van der Waals surface area contributed by atoms with Crippen molar-refractivity contribution in [1.82, 2.24) is 9.88 Å². The zero-order valence-electron chi connectivity index (χ0n) is 8.49. The van der Waals surface area contributed by atoms with Gasteiger partial charge in [0.15, 0.2) is 0 Å². The third-order valence-electron chi connectivity index (χ3n) is 2.77. The molecule has 0 aliphatic carbocycles. The first kappa shape index (κ1) is 9.46. The number of nitrogens with one attached hydrogen (secondary N) is 1. The van der Waals surface area contributed by atoms with Crippen LogP contribution in [-0.2, 0) is 6.54 Å². The van der Waals surface area contributed by atoms with E-state index in [1.54, 1.807) is 6.07 Å². The molecule has 2 rings (SSSR count). The summed E-state index contributed by atoms with van der Waals surface area (Å²) < 4.78 is 1.81. The fourth-order valence-corrected chi connectivity index (χ4v) is 1.91. The standard InChI is InChI=1S/C11H16N2O/c1-9-3-5-13(11(14)6-9)8-10-2-4-12-7-10/h3,5-6,10,12H,2,4,7-8H2,1H3. The average Bonchev–Trinajstić information content (AvgIpc) is 2.62. The molecule has 0 bridgehead atoms. The van der Waals surface area contributed by atoms with Crippen LogP contribution < -0.4 is 10.9 Å². The van der Waals surface area contributed by atoms with E-state index in [-0.39, 0.29) is 5.56 Å². The molecule has 1 atom stereocenters. The van der Waals surface area contributed by atoms with Crippen LogP contribution in [0.4, 0.5) is 0 Å². The molecule has 3 heteroatoms. The molecule has 1 unspecified atom stereocenters. The molecule has 0 amide bonds. The van der Waals surface area contributed by atoms with Crippen molar-refractivity contribution in [2.75, 3.05) is 13.1 Å². The molecule has 1 aliphatic heterocycles. The minimum absolute atomic E-state index is 0.122. The first-order chi connectivity index (χ1) is 6.75. The first-order valence-electron chi connectivity index (χ1n) is 5.13. The highest BCUT2D eigenvalue weighted by Crippen LogP contribution is 2.09. The maximum atomic E-state index is 11.6. The summed E-state index contributed by atoms with van der Waals surface area (Å²) in [5, 5.41) is 3.31. The van der Waals surface area contributed by atoms with Gasteiger partial charge in [-0.05, 0) is 44.0 Å². The van der Waals surface area contributed by atoms with Crippen molar-refractivity contribution in [3.63, 3.8) is 0 Å². The molecule has 1 fully saturated rings. The molecule has 0 aromatic carbocycles. The van der Waals surface area contributed by atoms with Crippen LogP contribution in [0.25, 0.3) is 0 Å². The van der Waals surface area contributed by atoms with Crippen LogP contribution in [0, 0.1) is 12.8 Å². The Balaban J connectivity index is 2.12. The topological polar surface area (TPSA) is 34.0 Å². The van der Waals surface area contributed by atoms with E-state index in [1.807, 2.05) is 23.8 Å². The molecular formula is C11H16N2O. The van der Waals surface area contributed by atoms with E-state index < -0.39 is 0 Å². The third kappa shape index (κ3) is 2.04. The number of hydrogen-bond donors (Lipinski definition) is 1. The highest BCUT2D eigenvalue weighted by Gasteiger charge is 2.14. The lowest BCUT2D eigenvalue weighted by atomic mass is 10.1. The van der Waals surface area contributed by atoms with Gasteiger partial charge in [-0.15, -0.1) is 0 Å². The summed E-state index contributed by atoms with van der Waals surface area (Å²) in [5.41, 5.74) is 1.16. The van der Waals surface area contributed by atoms with Gasteiger partial charge in [0.2, 0.25) is 0 Å². The normalized spacial score (nSPS) is 21.4. The molecule has 1 aliphatic rings. The fourth-order valence-electron chi connectivity index (χ4n) is 1.91. The Morgan fingerprint density at radius 3 is 3.14 bits per heavy atom. The lowest BCUT2D eigenvalue weighted by molar-refractivity contribution is 0.472. The summed E-state index contributed by atoms with van der Waals surface area (Å²) in [6.07, 6.45) is 3.08. The lowest BCUT2D eigenvalue weighted by Crippen LogP contribution is -2.24. The van der Waals surface area contributed by atoms with Crippen molar-refractivity contribution in [2.24, 2.45) is 5.92 Å². The number of aromatic nitrogens is 1. The molecule has 76 valence electrons. The number of pyridine rings is 1. The summed E-state index contributed by atoms with van der Waals surface area (Å²) in [4.78, 5) is 11.6. The van der Waals surface area contributed by atoms with Crippen LogP contribution in [0.3, 0.4) is 0 Å². The summed E-state index contributed by atoms with van der Waals surface area (Å²) in [5.74, 6) is 0.621. The van der Waals surface area contributed by atoms with Gasteiger partial charge in [-0.2, -0.15) is 0 Å². The Morgan fingerprint density at radius 1 is 1.64 bits per heavy atom. The monoisotopic (exact) mass is 192 g/mol. The van der Waals surface area contributed by atoms with Crippen LogP contribution in [-0.4, -0.2) is 17.7 Å². The van der Waals surface area contributed by atoms with Gasteiger partial charge in [-0.3, -0.25) is 4.79 Å². The minimum Gasteiger partial charge on any atom is -0.316 e. The Hall–Kier alpha value is -1.09. The molecule has 1 aromatic heterocycles. The molecule has 3 nitrogen and oxygen atoms in total. The van der Waals surface area contributed by atoms with Gasteiger partial charge in [0, 0.05) is 18.8 Å². The predicted octanol–water partition coefficient (Wildman–Crippen LogP) is 0.766. The third-order valence-corrected chi connectivity index (χ3v) is 2.77. The molecule has 0 radical (unpaired) electrons. The number of hydrogen-bond acceptors (Lipinski definition) is 2. The zero-order valence-corrected chi connectivity index (χ0v) is 8.49. The van der Waals surface area contributed by atoms with Crippen LogP contribution >= 0.6 is 0 Å².